The molecule has 2 aromatic rings. The zero-order valence-corrected chi connectivity index (χ0v) is 34.2. The highest BCUT2D eigenvalue weighted by Crippen LogP contribution is 2.20. The Morgan fingerprint density at radius 1 is 0.947 bits per heavy atom. The van der Waals surface area contributed by atoms with E-state index in [1.165, 1.54) is 0 Å². The molecule has 7 N–H and O–H groups in total. The van der Waals surface area contributed by atoms with Crippen LogP contribution in [0, 0.1) is 17.3 Å². The molecule has 1 aromatic carbocycles. The van der Waals surface area contributed by atoms with Gasteiger partial charge in [-0.1, -0.05) is 52.0 Å². The van der Waals surface area contributed by atoms with Crippen molar-refractivity contribution in [2.75, 3.05) is 58.0 Å². The SMILES string of the molecule is CC(C)C[C@H](NC(=O)CNO)C(=O)C[C@@H](CCCNC(N)=O)C(=O)Nc1ccc(COC(=O)CCc2cn(CCOCCOCCOCCC(C)(C)C)nn2)cc1. The smallest absolute Gasteiger partial charge is 0.312 e. The van der Waals surface area contributed by atoms with E-state index in [1.54, 1.807) is 40.6 Å². The van der Waals surface area contributed by atoms with Gasteiger partial charge in [-0.25, -0.2) is 9.48 Å². The molecular formula is C39H64N8O10. The van der Waals surface area contributed by atoms with Crippen molar-refractivity contribution in [2.45, 2.75) is 98.8 Å². The van der Waals surface area contributed by atoms with E-state index in [0.29, 0.717) is 75.8 Å². The standard InChI is InChI=1S/C39H64N8O10/c1-28(2)23-33(44-35(49)25-42-53)34(48)24-30(7-6-15-41-38(40)52)37(51)43-31-10-8-29(9-11-31)27-57-36(50)13-12-32-26-47(46-45-32)16-18-55-20-22-56-21-19-54-17-14-39(3,4)5/h8-11,26,28,30,33,42,53H,6-7,12-25,27H2,1-5H3,(H,43,51)(H,44,49)(H3,40,41,52)/t30-,33+/m1/s1. The van der Waals surface area contributed by atoms with Crippen molar-refractivity contribution in [2.24, 2.45) is 23.0 Å². The van der Waals surface area contributed by atoms with E-state index in [0.717, 1.165) is 13.0 Å². The minimum Gasteiger partial charge on any atom is -0.461 e. The van der Waals surface area contributed by atoms with Crippen molar-refractivity contribution in [3.8, 4) is 0 Å². The van der Waals surface area contributed by atoms with Crippen LogP contribution in [0.3, 0.4) is 0 Å². The first-order valence-electron chi connectivity index (χ1n) is 19.5. The third-order valence-electron chi connectivity index (χ3n) is 8.52. The lowest BCUT2D eigenvalue weighted by Crippen LogP contribution is -2.45. The fourth-order valence-electron chi connectivity index (χ4n) is 5.37. The second-order valence-corrected chi connectivity index (χ2v) is 15.4. The van der Waals surface area contributed by atoms with E-state index < -0.39 is 35.8 Å². The Balaban J connectivity index is 1.76. The number of amides is 4. The predicted octanol–water partition coefficient (Wildman–Crippen LogP) is 2.91. The van der Waals surface area contributed by atoms with Gasteiger partial charge in [0, 0.05) is 43.8 Å². The number of ether oxygens (including phenoxy) is 4. The lowest BCUT2D eigenvalue weighted by molar-refractivity contribution is -0.145. The van der Waals surface area contributed by atoms with Gasteiger partial charge in [-0.2, -0.15) is 5.48 Å². The maximum Gasteiger partial charge on any atom is 0.312 e. The maximum absolute atomic E-state index is 13.4. The number of hydroxylamine groups is 1. The Labute approximate surface area is 335 Å². The molecule has 0 aliphatic heterocycles. The summed E-state index contributed by atoms with van der Waals surface area (Å²) in [5.41, 5.74) is 9.02. The number of primary amides is 1. The maximum atomic E-state index is 13.4. The van der Waals surface area contributed by atoms with Crippen LogP contribution in [0.1, 0.15) is 84.4 Å². The number of aryl methyl sites for hydroxylation is 1. The number of nitrogens with two attached hydrogens (primary N) is 1. The minimum atomic E-state index is -0.845. The molecule has 0 saturated carbocycles. The molecule has 18 nitrogen and oxygen atoms in total. The van der Waals surface area contributed by atoms with E-state index in [4.69, 9.17) is 29.9 Å². The average molecular weight is 805 g/mol. The van der Waals surface area contributed by atoms with E-state index >= 15 is 0 Å². The van der Waals surface area contributed by atoms with Crippen molar-refractivity contribution in [3.05, 3.63) is 41.7 Å². The highest BCUT2D eigenvalue weighted by Gasteiger charge is 2.28. The average Bonchev–Trinajstić information content (AvgIpc) is 3.60. The number of aromatic nitrogens is 3. The fourth-order valence-corrected chi connectivity index (χ4v) is 5.37. The van der Waals surface area contributed by atoms with Crippen LogP contribution < -0.4 is 27.2 Å². The number of carbonyl (C=O) groups is 5. The monoisotopic (exact) mass is 804 g/mol. The number of hydrogen-bond donors (Lipinski definition) is 6. The van der Waals surface area contributed by atoms with Crippen LogP contribution in [-0.4, -0.2) is 109 Å². The van der Waals surface area contributed by atoms with Crippen LogP contribution in [0.4, 0.5) is 10.5 Å². The van der Waals surface area contributed by atoms with E-state index in [-0.39, 0.29) is 56.1 Å². The van der Waals surface area contributed by atoms with Crippen molar-refractivity contribution < 1.29 is 48.1 Å². The Morgan fingerprint density at radius 2 is 1.61 bits per heavy atom. The van der Waals surface area contributed by atoms with E-state index in [1.807, 2.05) is 13.8 Å². The number of nitrogens with zero attached hydrogens (tertiary/aromatic N) is 3. The second kappa shape index (κ2) is 27.2. The lowest BCUT2D eigenvalue weighted by atomic mass is 9.90. The molecule has 2 rings (SSSR count). The summed E-state index contributed by atoms with van der Waals surface area (Å²) in [7, 11) is 0. The number of Topliss-reactive ketones (excluding diaryl/α,β-unsaturated/α-hetero) is 1. The lowest BCUT2D eigenvalue weighted by Gasteiger charge is -2.23. The third kappa shape index (κ3) is 23.4. The normalized spacial score (nSPS) is 12.5. The number of anilines is 1. The Bertz CT molecular complexity index is 1500. The molecule has 4 amide bonds. The second-order valence-electron chi connectivity index (χ2n) is 15.4. The summed E-state index contributed by atoms with van der Waals surface area (Å²) in [6, 6.07) is 5.22. The van der Waals surface area contributed by atoms with Crippen molar-refractivity contribution >= 4 is 35.3 Å². The van der Waals surface area contributed by atoms with Gasteiger partial charge in [0.25, 0.3) is 0 Å². The van der Waals surface area contributed by atoms with E-state index in [2.05, 4.69) is 47.0 Å². The summed E-state index contributed by atoms with van der Waals surface area (Å²) < 4.78 is 23.8. The highest BCUT2D eigenvalue weighted by molar-refractivity contribution is 5.97. The molecule has 0 unspecified atom stereocenters. The number of carbonyl (C=O) groups excluding carboxylic acids is 5. The molecule has 0 fully saturated rings. The fraction of sp³-hybridized carbons (Fsp3) is 0.667. The van der Waals surface area contributed by atoms with Crippen LogP contribution in [-0.2, 0) is 57.7 Å². The third-order valence-corrected chi connectivity index (χ3v) is 8.52. The quantitative estimate of drug-likeness (QED) is 0.0378. The van der Waals surface area contributed by atoms with Crippen LogP contribution in [0.5, 0.6) is 0 Å². The van der Waals surface area contributed by atoms with Gasteiger partial charge in [-0.3, -0.25) is 19.2 Å². The van der Waals surface area contributed by atoms with Gasteiger partial charge in [0.2, 0.25) is 11.8 Å². The van der Waals surface area contributed by atoms with Crippen molar-refractivity contribution in [1.29, 1.82) is 0 Å². The summed E-state index contributed by atoms with van der Waals surface area (Å²) in [4.78, 5) is 62.4. The van der Waals surface area contributed by atoms with E-state index in [9.17, 15) is 24.0 Å². The van der Waals surface area contributed by atoms with Crippen LogP contribution in [0.2, 0.25) is 0 Å². The molecule has 0 aliphatic rings. The molecule has 0 radical (unpaired) electrons. The number of hydrogen-bond acceptors (Lipinski definition) is 13. The van der Waals surface area contributed by atoms with Gasteiger partial charge < -0.3 is 45.8 Å². The Hall–Kier alpha value is -4.49. The Kier molecular flexibility index (Phi) is 23.2. The number of benzene rings is 1. The molecule has 57 heavy (non-hydrogen) atoms. The zero-order chi connectivity index (χ0) is 42.1. The van der Waals surface area contributed by atoms with Crippen molar-refractivity contribution in [1.82, 2.24) is 31.1 Å². The number of rotatable bonds is 30. The van der Waals surface area contributed by atoms with Crippen LogP contribution >= 0.6 is 0 Å². The first-order valence-corrected chi connectivity index (χ1v) is 19.5. The predicted molar refractivity (Wildman–Crippen MR) is 211 cm³/mol. The van der Waals surface area contributed by atoms with Gasteiger partial charge in [0.1, 0.15) is 6.61 Å². The summed E-state index contributed by atoms with van der Waals surface area (Å²) in [6.45, 7) is 13.9. The minimum absolute atomic E-state index is 0.0315. The number of nitrogens with one attached hydrogen (secondary N) is 4. The number of ketones is 1. The van der Waals surface area contributed by atoms with Gasteiger partial charge in [0.15, 0.2) is 5.78 Å². The van der Waals surface area contributed by atoms with Crippen molar-refractivity contribution in [3.63, 3.8) is 0 Å². The first kappa shape index (κ1) is 48.7. The molecule has 0 bridgehead atoms. The van der Waals surface area contributed by atoms with Gasteiger partial charge in [-0.05, 0) is 54.7 Å². The molecule has 18 heteroatoms. The molecule has 2 atom stereocenters. The molecule has 320 valence electrons. The molecule has 0 spiro atoms. The van der Waals surface area contributed by atoms with Gasteiger partial charge >= 0.3 is 12.0 Å². The molecule has 0 saturated heterocycles. The molecular weight excluding hydrogens is 740 g/mol. The summed E-state index contributed by atoms with van der Waals surface area (Å²) in [5.74, 6) is -2.39. The van der Waals surface area contributed by atoms with Gasteiger partial charge in [-0.15, -0.1) is 5.10 Å². The molecule has 1 aromatic heterocycles. The van der Waals surface area contributed by atoms with Gasteiger partial charge in [0.05, 0.1) is 64.3 Å². The molecule has 0 aliphatic carbocycles. The summed E-state index contributed by atoms with van der Waals surface area (Å²) in [5, 5.41) is 25.0. The largest absolute Gasteiger partial charge is 0.461 e. The summed E-state index contributed by atoms with van der Waals surface area (Å²) in [6.07, 6.45) is 4.10. The Morgan fingerprint density at radius 3 is 2.25 bits per heavy atom. The number of esters is 1. The highest BCUT2D eigenvalue weighted by atomic mass is 16.5. The number of urea groups is 1. The van der Waals surface area contributed by atoms with Crippen LogP contribution in [0.25, 0.3) is 0 Å². The topological polar surface area (TPSA) is 247 Å². The summed E-state index contributed by atoms with van der Waals surface area (Å²) >= 11 is 0. The zero-order valence-electron chi connectivity index (χ0n) is 34.2. The molecule has 1 heterocycles. The first-order chi connectivity index (χ1) is 27.1. The van der Waals surface area contributed by atoms with Crippen LogP contribution in [0.15, 0.2) is 30.5 Å².